The highest BCUT2D eigenvalue weighted by atomic mass is 32.2. The molecule has 108 valence electrons. The number of carbonyl (C=O) groups excluding carboxylic acids is 2. The summed E-state index contributed by atoms with van der Waals surface area (Å²) in [5.74, 6) is -0.249. The number of hydrogen-bond acceptors (Lipinski definition) is 3. The van der Waals surface area contributed by atoms with Gasteiger partial charge in [-0.05, 0) is 32.2 Å². The maximum absolute atomic E-state index is 12.3. The van der Waals surface area contributed by atoms with E-state index in [1.165, 1.54) is 0 Å². The average Bonchev–Trinajstić information content (AvgIpc) is 2.81. The van der Waals surface area contributed by atoms with Gasteiger partial charge in [0, 0.05) is 23.9 Å². The van der Waals surface area contributed by atoms with Crippen LogP contribution < -0.4 is 5.32 Å². The van der Waals surface area contributed by atoms with E-state index in [9.17, 15) is 9.59 Å². The zero-order valence-electron chi connectivity index (χ0n) is 12.1. The molecule has 0 spiro atoms. The zero-order chi connectivity index (χ0) is 14.7. The molecule has 5 heteroatoms. The van der Waals surface area contributed by atoms with Gasteiger partial charge in [-0.1, -0.05) is 12.1 Å². The third kappa shape index (κ3) is 3.15. The molecular formula is C15H20N2O2S. The Morgan fingerprint density at radius 2 is 2.10 bits per heavy atom. The van der Waals surface area contributed by atoms with Crippen molar-refractivity contribution < 1.29 is 9.59 Å². The van der Waals surface area contributed by atoms with Crippen LogP contribution in [0.1, 0.15) is 20.3 Å². The summed E-state index contributed by atoms with van der Waals surface area (Å²) < 4.78 is 0. The fourth-order valence-electron chi connectivity index (χ4n) is 2.39. The zero-order valence-corrected chi connectivity index (χ0v) is 12.9. The topological polar surface area (TPSA) is 49.4 Å². The number of amides is 2. The smallest absolute Gasteiger partial charge is 0.229 e. The van der Waals surface area contributed by atoms with E-state index in [0.29, 0.717) is 13.0 Å². The number of rotatable bonds is 4. The van der Waals surface area contributed by atoms with E-state index in [0.717, 1.165) is 10.6 Å². The van der Waals surface area contributed by atoms with Crippen molar-refractivity contribution in [2.45, 2.75) is 31.2 Å². The van der Waals surface area contributed by atoms with Crippen molar-refractivity contribution in [2.24, 2.45) is 5.92 Å². The van der Waals surface area contributed by atoms with Crippen molar-refractivity contribution in [3.05, 3.63) is 24.3 Å². The molecular weight excluding hydrogens is 272 g/mol. The Kier molecular flexibility index (Phi) is 4.70. The van der Waals surface area contributed by atoms with Gasteiger partial charge in [0.1, 0.15) is 0 Å². The molecule has 1 fully saturated rings. The van der Waals surface area contributed by atoms with Gasteiger partial charge in [-0.3, -0.25) is 9.59 Å². The van der Waals surface area contributed by atoms with E-state index in [2.05, 4.69) is 5.32 Å². The summed E-state index contributed by atoms with van der Waals surface area (Å²) in [7, 11) is 0. The minimum atomic E-state index is -0.250. The number of anilines is 1. The average molecular weight is 292 g/mol. The van der Waals surface area contributed by atoms with Crippen LogP contribution in [0.4, 0.5) is 5.69 Å². The molecule has 20 heavy (non-hydrogen) atoms. The molecule has 0 unspecified atom stereocenters. The number of para-hydroxylation sites is 1. The van der Waals surface area contributed by atoms with Crippen LogP contribution in [0.25, 0.3) is 0 Å². The van der Waals surface area contributed by atoms with Crippen LogP contribution in [0.3, 0.4) is 0 Å². The van der Waals surface area contributed by atoms with Gasteiger partial charge in [0.25, 0.3) is 0 Å². The predicted octanol–water partition coefficient (Wildman–Crippen LogP) is 2.60. The van der Waals surface area contributed by atoms with Crippen molar-refractivity contribution in [1.29, 1.82) is 0 Å². The number of carbonyl (C=O) groups is 2. The fraction of sp³-hybridized carbons (Fsp3) is 0.467. The molecule has 0 bridgehead atoms. The monoisotopic (exact) mass is 292 g/mol. The second-order valence-corrected chi connectivity index (χ2v) is 6.08. The number of likely N-dealkylation sites (tertiary alicyclic amines) is 1. The lowest BCUT2D eigenvalue weighted by molar-refractivity contribution is -0.129. The van der Waals surface area contributed by atoms with E-state index < -0.39 is 0 Å². The van der Waals surface area contributed by atoms with Gasteiger partial charge in [0.15, 0.2) is 0 Å². The van der Waals surface area contributed by atoms with Gasteiger partial charge in [-0.25, -0.2) is 0 Å². The summed E-state index contributed by atoms with van der Waals surface area (Å²) in [6.07, 6.45) is 2.29. The molecule has 0 aromatic heterocycles. The Labute approximate surface area is 123 Å². The summed E-state index contributed by atoms with van der Waals surface area (Å²) in [6.45, 7) is 4.46. The van der Waals surface area contributed by atoms with Gasteiger partial charge >= 0.3 is 0 Å². The lowest BCUT2D eigenvalue weighted by atomic mass is 10.1. The standard InChI is InChI=1S/C15H20N2O2S/c1-10(2)17-9-11(8-14(17)18)15(19)16-12-6-4-5-7-13(12)20-3/h4-7,10-11H,8-9H2,1-3H3,(H,16,19)/t11-/m0/s1. The quantitative estimate of drug-likeness (QED) is 0.868. The molecule has 0 radical (unpaired) electrons. The molecule has 0 aliphatic carbocycles. The molecule has 2 rings (SSSR count). The van der Waals surface area contributed by atoms with Gasteiger partial charge in [-0.15, -0.1) is 11.8 Å². The highest BCUT2D eigenvalue weighted by molar-refractivity contribution is 7.98. The summed E-state index contributed by atoms with van der Waals surface area (Å²) in [4.78, 5) is 26.9. The van der Waals surface area contributed by atoms with Crippen molar-refractivity contribution in [3.8, 4) is 0 Å². The third-order valence-electron chi connectivity index (χ3n) is 3.52. The van der Waals surface area contributed by atoms with Crippen molar-refractivity contribution >= 4 is 29.3 Å². The van der Waals surface area contributed by atoms with Crippen LogP contribution in [0.2, 0.25) is 0 Å². The molecule has 1 heterocycles. The van der Waals surface area contributed by atoms with E-state index in [4.69, 9.17) is 0 Å². The largest absolute Gasteiger partial charge is 0.339 e. The minimum absolute atomic E-state index is 0.0667. The molecule has 1 N–H and O–H groups in total. The maximum Gasteiger partial charge on any atom is 0.229 e. The molecule has 4 nitrogen and oxygen atoms in total. The fourth-order valence-corrected chi connectivity index (χ4v) is 2.94. The summed E-state index contributed by atoms with van der Waals surface area (Å²) in [5, 5.41) is 2.94. The van der Waals surface area contributed by atoms with Gasteiger partial charge < -0.3 is 10.2 Å². The number of nitrogens with one attached hydrogen (secondary N) is 1. The van der Waals surface area contributed by atoms with Crippen LogP contribution in [0.15, 0.2) is 29.2 Å². The SMILES string of the molecule is CSc1ccccc1NC(=O)[C@H]1CC(=O)N(C(C)C)C1. The Morgan fingerprint density at radius 1 is 1.40 bits per heavy atom. The molecule has 2 amide bonds. The number of hydrogen-bond donors (Lipinski definition) is 1. The first kappa shape index (κ1) is 14.9. The van der Waals surface area contributed by atoms with Crippen LogP contribution >= 0.6 is 11.8 Å². The third-order valence-corrected chi connectivity index (χ3v) is 4.31. The van der Waals surface area contributed by atoms with Gasteiger partial charge in [0.05, 0.1) is 11.6 Å². The second kappa shape index (κ2) is 6.31. The van der Waals surface area contributed by atoms with Crippen LogP contribution in [-0.2, 0) is 9.59 Å². The van der Waals surface area contributed by atoms with Crippen molar-refractivity contribution in [2.75, 3.05) is 18.1 Å². The second-order valence-electron chi connectivity index (χ2n) is 5.23. The molecule has 1 aromatic carbocycles. The van der Waals surface area contributed by atoms with Crippen molar-refractivity contribution in [3.63, 3.8) is 0 Å². The first-order valence-corrected chi connectivity index (χ1v) is 7.98. The Hall–Kier alpha value is -1.49. The molecule has 1 saturated heterocycles. The predicted molar refractivity (Wildman–Crippen MR) is 81.8 cm³/mol. The number of nitrogens with zero attached hydrogens (tertiary/aromatic N) is 1. The summed E-state index contributed by atoms with van der Waals surface area (Å²) in [6, 6.07) is 7.86. The summed E-state index contributed by atoms with van der Waals surface area (Å²) in [5.41, 5.74) is 0.820. The van der Waals surface area contributed by atoms with E-state index in [-0.39, 0.29) is 23.8 Å². The molecule has 1 aromatic rings. The minimum Gasteiger partial charge on any atom is -0.339 e. The lowest BCUT2D eigenvalue weighted by Gasteiger charge is -2.20. The summed E-state index contributed by atoms with van der Waals surface area (Å²) >= 11 is 1.59. The van der Waals surface area contributed by atoms with E-state index in [1.54, 1.807) is 16.7 Å². The normalized spacial score (nSPS) is 18.7. The Bertz CT molecular complexity index is 516. The Morgan fingerprint density at radius 3 is 2.70 bits per heavy atom. The van der Waals surface area contributed by atoms with Gasteiger partial charge in [0.2, 0.25) is 11.8 Å². The highest BCUT2D eigenvalue weighted by Crippen LogP contribution is 2.27. The number of benzene rings is 1. The highest BCUT2D eigenvalue weighted by Gasteiger charge is 2.35. The molecule has 1 aliphatic rings. The maximum atomic E-state index is 12.3. The van der Waals surface area contributed by atoms with Crippen LogP contribution in [0.5, 0.6) is 0 Å². The van der Waals surface area contributed by atoms with E-state index in [1.807, 2.05) is 44.4 Å². The van der Waals surface area contributed by atoms with Crippen LogP contribution in [0, 0.1) is 5.92 Å². The lowest BCUT2D eigenvalue weighted by Crippen LogP contribution is -2.33. The van der Waals surface area contributed by atoms with Gasteiger partial charge in [-0.2, -0.15) is 0 Å². The van der Waals surface area contributed by atoms with Crippen LogP contribution in [-0.4, -0.2) is 35.6 Å². The Balaban J connectivity index is 2.04. The first-order valence-electron chi connectivity index (χ1n) is 6.76. The number of thioether (sulfide) groups is 1. The molecule has 1 aliphatic heterocycles. The molecule has 1 atom stereocenters. The molecule has 0 saturated carbocycles. The first-order chi connectivity index (χ1) is 9.52. The van der Waals surface area contributed by atoms with Crippen molar-refractivity contribution in [1.82, 2.24) is 4.90 Å². The van der Waals surface area contributed by atoms with E-state index >= 15 is 0 Å².